The molecule has 1 atom stereocenters. The number of carboxylic acids is 1. The minimum absolute atomic E-state index is 0.0960. The Labute approximate surface area is 98.3 Å². The second-order valence-electron chi connectivity index (χ2n) is 4.03. The van der Waals surface area contributed by atoms with Crippen molar-refractivity contribution in [3.63, 3.8) is 0 Å². The summed E-state index contributed by atoms with van der Waals surface area (Å²) in [6, 6.07) is 0. The van der Waals surface area contributed by atoms with Crippen LogP contribution in [-0.4, -0.2) is 44.9 Å². The van der Waals surface area contributed by atoms with Crippen molar-refractivity contribution in [2.24, 2.45) is 5.92 Å². The molecule has 1 aliphatic heterocycles. The highest BCUT2D eigenvalue weighted by Gasteiger charge is 2.33. The summed E-state index contributed by atoms with van der Waals surface area (Å²) in [5, 5.41) is 8.83. The predicted molar refractivity (Wildman–Crippen MR) is 58.1 cm³/mol. The maximum Gasteiger partial charge on any atom is 0.308 e. The molecule has 0 saturated carbocycles. The van der Waals surface area contributed by atoms with Gasteiger partial charge in [-0.3, -0.25) is 19.6 Å². The Morgan fingerprint density at radius 1 is 1.53 bits per heavy atom. The van der Waals surface area contributed by atoms with Crippen LogP contribution < -0.4 is 0 Å². The van der Waals surface area contributed by atoms with Gasteiger partial charge in [0.1, 0.15) is 0 Å². The van der Waals surface area contributed by atoms with E-state index in [0.29, 0.717) is 19.5 Å². The van der Waals surface area contributed by atoms with Crippen LogP contribution in [0.25, 0.3) is 0 Å². The summed E-state index contributed by atoms with van der Waals surface area (Å²) in [5.41, 5.74) is 0.805. The lowest BCUT2D eigenvalue weighted by Crippen LogP contribution is -2.28. The quantitative estimate of drug-likeness (QED) is 0.791. The van der Waals surface area contributed by atoms with Crippen LogP contribution in [-0.2, 0) is 16.0 Å². The van der Waals surface area contributed by atoms with E-state index >= 15 is 0 Å². The maximum absolute atomic E-state index is 11.5. The average molecular weight is 235 g/mol. The Morgan fingerprint density at radius 3 is 2.94 bits per heavy atom. The molecule has 0 bridgehead atoms. The van der Waals surface area contributed by atoms with Crippen LogP contribution in [0, 0.1) is 5.92 Å². The fourth-order valence-electron chi connectivity index (χ4n) is 1.86. The molecule has 1 amide bonds. The molecule has 1 N–H and O–H groups in total. The summed E-state index contributed by atoms with van der Waals surface area (Å²) < 4.78 is 0. The summed E-state index contributed by atoms with van der Waals surface area (Å²) in [6.45, 7) is 0.801. The number of hydrogen-bond donors (Lipinski definition) is 1. The number of hydrogen-bond acceptors (Lipinski definition) is 4. The third-order valence-corrected chi connectivity index (χ3v) is 2.82. The summed E-state index contributed by atoms with van der Waals surface area (Å²) in [7, 11) is 0. The SMILES string of the molecule is O=C(O)C1CC(=O)N(CCc2cnccn2)C1. The van der Waals surface area contributed by atoms with E-state index in [0.717, 1.165) is 5.69 Å². The zero-order chi connectivity index (χ0) is 12.3. The van der Waals surface area contributed by atoms with Crippen molar-refractivity contribution < 1.29 is 14.7 Å². The first-order valence-corrected chi connectivity index (χ1v) is 5.42. The van der Waals surface area contributed by atoms with Crippen LogP contribution in [0.5, 0.6) is 0 Å². The molecule has 1 unspecified atom stereocenters. The molecular weight excluding hydrogens is 222 g/mol. The van der Waals surface area contributed by atoms with Gasteiger partial charge < -0.3 is 10.0 Å². The Hall–Kier alpha value is -1.98. The molecule has 90 valence electrons. The van der Waals surface area contributed by atoms with Crippen LogP contribution in [0.1, 0.15) is 12.1 Å². The lowest BCUT2D eigenvalue weighted by molar-refractivity contribution is -0.141. The van der Waals surface area contributed by atoms with Gasteiger partial charge in [-0.25, -0.2) is 0 Å². The highest BCUT2D eigenvalue weighted by molar-refractivity contribution is 5.86. The molecule has 6 heteroatoms. The fraction of sp³-hybridized carbons (Fsp3) is 0.455. The van der Waals surface area contributed by atoms with E-state index < -0.39 is 11.9 Å². The molecule has 0 spiro atoms. The van der Waals surface area contributed by atoms with Crippen molar-refractivity contribution in [2.45, 2.75) is 12.8 Å². The molecular formula is C11H13N3O3. The lowest BCUT2D eigenvalue weighted by atomic mass is 10.1. The van der Waals surface area contributed by atoms with Crippen molar-refractivity contribution in [3.8, 4) is 0 Å². The Bertz CT molecular complexity index is 421. The second-order valence-corrected chi connectivity index (χ2v) is 4.03. The van der Waals surface area contributed by atoms with Gasteiger partial charge in [-0.2, -0.15) is 0 Å². The molecule has 1 aliphatic rings. The van der Waals surface area contributed by atoms with Crippen molar-refractivity contribution in [2.75, 3.05) is 13.1 Å². The van der Waals surface area contributed by atoms with Gasteiger partial charge >= 0.3 is 5.97 Å². The van der Waals surface area contributed by atoms with E-state index in [-0.39, 0.29) is 12.3 Å². The van der Waals surface area contributed by atoms with Gasteiger partial charge in [0, 0.05) is 44.5 Å². The third-order valence-electron chi connectivity index (χ3n) is 2.82. The number of carbonyl (C=O) groups excluding carboxylic acids is 1. The van der Waals surface area contributed by atoms with Crippen molar-refractivity contribution in [1.82, 2.24) is 14.9 Å². The number of amides is 1. The first kappa shape index (κ1) is 11.5. The second kappa shape index (κ2) is 4.90. The molecule has 0 radical (unpaired) electrons. The minimum Gasteiger partial charge on any atom is -0.481 e. The van der Waals surface area contributed by atoms with Crippen molar-refractivity contribution in [1.29, 1.82) is 0 Å². The monoisotopic (exact) mass is 235 g/mol. The Kier molecular flexibility index (Phi) is 3.32. The highest BCUT2D eigenvalue weighted by atomic mass is 16.4. The largest absolute Gasteiger partial charge is 0.481 e. The van der Waals surface area contributed by atoms with E-state index in [4.69, 9.17) is 5.11 Å². The van der Waals surface area contributed by atoms with Crippen LogP contribution in [0.3, 0.4) is 0 Å². The minimum atomic E-state index is -0.902. The normalized spacial score (nSPS) is 19.6. The number of nitrogens with zero attached hydrogens (tertiary/aromatic N) is 3. The van der Waals surface area contributed by atoms with Gasteiger partial charge in [0.15, 0.2) is 0 Å². The topological polar surface area (TPSA) is 83.4 Å². The van der Waals surface area contributed by atoms with Crippen LogP contribution in [0.2, 0.25) is 0 Å². The number of aliphatic carboxylic acids is 1. The molecule has 2 rings (SSSR count). The number of aromatic nitrogens is 2. The van der Waals surface area contributed by atoms with Crippen LogP contribution >= 0.6 is 0 Å². The van der Waals surface area contributed by atoms with E-state index in [2.05, 4.69) is 9.97 Å². The molecule has 2 heterocycles. The lowest BCUT2D eigenvalue weighted by Gasteiger charge is -2.15. The van der Waals surface area contributed by atoms with Gasteiger partial charge in [0.25, 0.3) is 0 Å². The third kappa shape index (κ3) is 2.77. The number of likely N-dealkylation sites (tertiary alicyclic amines) is 1. The molecule has 6 nitrogen and oxygen atoms in total. The number of rotatable bonds is 4. The zero-order valence-electron chi connectivity index (χ0n) is 9.24. The van der Waals surface area contributed by atoms with Crippen molar-refractivity contribution in [3.05, 3.63) is 24.3 Å². The van der Waals surface area contributed by atoms with Gasteiger partial charge in [0.2, 0.25) is 5.91 Å². The molecule has 1 fully saturated rings. The molecule has 0 aliphatic carbocycles. The number of carboxylic acid groups (broad SMARTS) is 1. The zero-order valence-corrected chi connectivity index (χ0v) is 9.24. The first-order valence-electron chi connectivity index (χ1n) is 5.42. The molecule has 17 heavy (non-hydrogen) atoms. The van der Waals surface area contributed by atoms with E-state index in [1.54, 1.807) is 23.5 Å². The van der Waals surface area contributed by atoms with Crippen LogP contribution in [0.15, 0.2) is 18.6 Å². The molecule has 1 aromatic rings. The van der Waals surface area contributed by atoms with E-state index in [1.165, 1.54) is 0 Å². The Morgan fingerprint density at radius 2 is 2.35 bits per heavy atom. The smallest absolute Gasteiger partial charge is 0.308 e. The van der Waals surface area contributed by atoms with Gasteiger partial charge in [-0.05, 0) is 0 Å². The number of carbonyl (C=O) groups is 2. The van der Waals surface area contributed by atoms with Crippen LogP contribution in [0.4, 0.5) is 0 Å². The summed E-state index contributed by atoms with van der Waals surface area (Å²) >= 11 is 0. The molecule has 0 aromatic carbocycles. The first-order chi connectivity index (χ1) is 8.16. The highest BCUT2D eigenvalue weighted by Crippen LogP contribution is 2.17. The Balaban J connectivity index is 1.88. The predicted octanol–water partition coefficient (Wildman–Crippen LogP) is -0.0478. The van der Waals surface area contributed by atoms with E-state index in [9.17, 15) is 9.59 Å². The van der Waals surface area contributed by atoms with Gasteiger partial charge in [-0.15, -0.1) is 0 Å². The van der Waals surface area contributed by atoms with Gasteiger partial charge in [-0.1, -0.05) is 0 Å². The standard InChI is InChI=1S/C11H13N3O3/c15-10-5-8(11(16)17)7-14(10)4-1-9-6-12-2-3-13-9/h2-3,6,8H,1,4-5,7H2,(H,16,17). The summed E-state index contributed by atoms with van der Waals surface area (Å²) in [5.74, 6) is -1.56. The maximum atomic E-state index is 11.5. The summed E-state index contributed by atoms with van der Waals surface area (Å²) in [4.78, 5) is 31.9. The van der Waals surface area contributed by atoms with Crippen molar-refractivity contribution >= 4 is 11.9 Å². The van der Waals surface area contributed by atoms with Gasteiger partial charge in [0.05, 0.1) is 11.6 Å². The molecule has 1 saturated heterocycles. The summed E-state index contributed by atoms with van der Waals surface area (Å²) in [6.07, 6.45) is 5.54. The fourth-order valence-corrected chi connectivity index (χ4v) is 1.86. The molecule has 1 aromatic heterocycles. The average Bonchev–Trinajstić information content (AvgIpc) is 2.70. The van der Waals surface area contributed by atoms with E-state index in [1.807, 2.05) is 0 Å².